The summed E-state index contributed by atoms with van der Waals surface area (Å²) in [6.07, 6.45) is 0.755. The van der Waals surface area contributed by atoms with Gasteiger partial charge in [-0.25, -0.2) is 0 Å². The minimum absolute atomic E-state index is 0.188. The van der Waals surface area contributed by atoms with E-state index in [0.29, 0.717) is 18.1 Å². The van der Waals surface area contributed by atoms with Crippen LogP contribution in [0.5, 0.6) is 0 Å². The predicted molar refractivity (Wildman–Crippen MR) is 122 cm³/mol. The topological polar surface area (TPSA) is 71.3 Å². The van der Waals surface area contributed by atoms with E-state index in [1.807, 2.05) is 75.0 Å². The van der Waals surface area contributed by atoms with Gasteiger partial charge < -0.3 is 5.32 Å². The smallest absolute Gasteiger partial charge is 0.257 e. The molecular formula is C24H29N5O. The third-order valence-electron chi connectivity index (χ3n) is 5.20. The van der Waals surface area contributed by atoms with Gasteiger partial charge in [0.05, 0.1) is 5.69 Å². The van der Waals surface area contributed by atoms with E-state index in [9.17, 15) is 4.79 Å². The Morgan fingerprint density at radius 1 is 1.07 bits per heavy atom. The maximum Gasteiger partial charge on any atom is 0.257 e. The number of nitrogens with zero attached hydrogens (tertiary/aromatic N) is 3. The number of hydrogen-bond donors (Lipinski definition) is 2. The Labute approximate surface area is 178 Å². The zero-order valence-electron chi connectivity index (χ0n) is 18.3. The van der Waals surface area contributed by atoms with E-state index in [1.165, 1.54) is 5.56 Å². The summed E-state index contributed by atoms with van der Waals surface area (Å²) in [5.41, 5.74) is 6.98. The first-order valence-electron chi connectivity index (χ1n) is 10.1. The molecule has 6 nitrogen and oxygen atoms in total. The molecule has 0 aliphatic heterocycles. The highest BCUT2D eigenvalue weighted by atomic mass is 16.1. The van der Waals surface area contributed by atoms with Gasteiger partial charge >= 0.3 is 0 Å². The third kappa shape index (κ3) is 5.14. The van der Waals surface area contributed by atoms with Gasteiger partial charge in [-0.2, -0.15) is 5.10 Å². The van der Waals surface area contributed by atoms with Crippen molar-refractivity contribution in [3.05, 3.63) is 82.2 Å². The van der Waals surface area contributed by atoms with Crippen LogP contribution in [0.4, 0.5) is 5.69 Å². The first kappa shape index (κ1) is 21.3. The summed E-state index contributed by atoms with van der Waals surface area (Å²) < 4.78 is 1.89. The van der Waals surface area contributed by atoms with Crippen LogP contribution >= 0.6 is 0 Å². The number of aliphatic imine (C=N–C) groups is 1. The van der Waals surface area contributed by atoms with Crippen LogP contribution in [0.15, 0.2) is 53.5 Å². The summed E-state index contributed by atoms with van der Waals surface area (Å²) in [7, 11) is 1.95. The van der Waals surface area contributed by atoms with Gasteiger partial charge in [0.1, 0.15) is 0 Å². The second-order valence-corrected chi connectivity index (χ2v) is 7.52. The molecule has 2 N–H and O–H groups in total. The number of nitrogens with one attached hydrogen (secondary N) is 2. The number of amides is 1. The van der Waals surface area contributed by atoms with E-state index in [4.69, 9.17) is 0 Å². The second-order valence-electron chi connectivity index (χ2n) is 7.52. The number of guanidine groups is 1. The number of carbonyl (C=O) groups is 1. The van der Waals surface area contributed by atoms with E-state index in [0.717, 1.165) is 34.6 Å². The van der Waals surface area contributed by atoms with Crippen molar-refractivity contribution in [1.82, 2.24) is 15.1 Å². The van der Waals surface area contributed by atoms with Crippen LogP contribution in [-0.2, 0) is 13.5 Å². The lowest BCUT2D eigenvalue weighted by Gasteiger charge is -2.14. The SMILES string of the molecule is Cc1cccc(C(=O)NC(=NCCc2c(C)nn(C)c2C)Nc2ccccc2C)c1. The molecule has 0 unspecified atom stereocenters. The Bertz CT molecular complexity index is 1080. The van der Waals surface area contributed by atoms with Crippen molar-refractivity contribution in [2.45, 2.75) is 34.1 Å². The van der Waals surface area contributed by atoms with Crippen molar-refractivity contribution in [1.29, 1.82) is 0 Å². The number of aromatic nitrogens is 2. The van der Waals surface area contributed by atoms with Crippen molar-refractivity contribution in [3.8, 4) is 0 Å². The maximum atomic E-state index is 12.8. The van der Waals surface area contributed by atoms with E-state index < -0.39 is 0 Å². The van der Waals surface area contributed by atoms with Gasteiger partial charge in [0.2, 0.25) is 5.96 Å². The first-order valence-corrected chi connectivity index (χ1v) is 10.1. The van der Waals surface area contributed by atoms with Gasteiger partial charge in [0, 0.05) is 30.5 Å². The fourth-order valence-corrected chi connectivity index (χ4v) is 3.38. The quantitative estimate of drug-likeness (QED) is 0.498. The van der Waals surface area contributed by atoms with Crippen LogP contribution in [-0.4, -0.2) is 28.2 Å². The van der Waals surface area contributed by atoms with Crippen LogP contribution < -0.4 is 10.6 Å². The lowest BCUT2D eigenvalue weighted by Crippen LogP contribution is -2.36. The molecule has 1 aromatic heterocycles. The monoisotopic (exact) mass is 403 g/mol. The van der Waals surface area contributed by atoms with Gasteiger partial charge in [0.15, 0.2) is 0 Å². The molecule has 2 aromatic carbocycles. The number of benzene rings is 2. The molecule has 3 aromatic rings. The van der Waals surface area contributed by atoms with Crippen molar-refractivity contribution in [2.75, 3.05) is 11.9 Å². The molecule has 0 saturated heterocycles. The average molecular weight is 404 g/mol. The second kappa shape index (κ2) is 9.39. The van der Waals surface area contributed by atoms with Crippen molar-refractivity contribution >= 4 is 17.6 Å². The number of hydrogen-bond acceptors (Lipinski definition) is 3. The normalized spacial score (nSPS) is 11.4. The number of rotatable bonds is 5. The molecule has 1 amide bonds. The molecule has 1 heterocycles. The largest absolute Gasteiger partial charge is 0.326 e. The molecule has 0 bridgehead atoms. The van der Waals surface area contributed by atoms with Crippen LogP contribution in [0.1, 0.15) is 38.4 Å². The van der Waals surface area contributed by atoms with Crippen LogP contribution in [0.2, 0.25) is 0 Å². The highest BCUT2D eigenvalue weighted by Crippen LogP contribution is 2.14. The van der Waals surface area contributed by atoms with E-state index in [2.05, 4.69) is 27.6 Å². The fourth-order valence-electron chi connectivity index (χ4n) is 3.38. The Kier molecular flexibility index (Phi) is 6.67. The first-order chi connectivity index (χ1) is 14.3. The molecule has 6 heteroatoms. The third-order valence-corrected chi connectivity index (χ3v) is 5.20. The number of carbonyl (C=O) groups excluding carboxylic acids is 1. The van der Waals surface area contributed by atoms with Crippen LogP contribution in [0.25, 0.3) is 0 Å². The lowest BCUT2D eigenvalue weighted by atomic mass is 10.1. The Morgan fingerprint density at radius 3 is 2.50 bits per heavy atom. The highest BCUT2D eigenvalue weighted by Gasteiger charge is 2.12. The van der Waals surface area contributed by atoms with Gasteiger partial charge in [-0.1, -0.05) is 35.9 Å². The summed E-state index contributed by atoms with van der Waals surface area (Å²) in [4.78, 5) is 17.5. The number of aryl methyl sites for hydroxylation is 4. The van der Waals surface area contributed by atoms with Crippen molar-refractivity contribution in [2.24, 2.45) is 12.0 Å². The lowest BCUT2D eigenvalue weighted by molar-refractivity contribution is 0.0977. The molecule has 0 radical (unpaired) electrons. The van der Waals surface area contributed by atoms with Gasteiger partial charge in [0.25, 0.3) is 5.91 Å². The molecular weight excluding hydrogens is 374 g/mol. The Hall–Kier alpha value is -3.41. The fraction of sp³-hybridized carbons (Fsp3) is 0.292. The summed E-state index contributed by atoms with van der Waals surface area (Å²) in [5, 5.41) is 10.7. The summed E-state index contributed by atoms with van der Waals surface area (Å²) >= 11 is 0. The van der Waals surface area contributed by atoms with Crippen molar-refractivity contribution in [3.63, 3.8) is 0 Å². The molecule has 3 rings (SSSR count). The van der Waals surface area contributed by atoms with Gasteiger partial charge in [-0.05, 0) is 63.4 Å². The summed E-state index contributed by atoms with van der Waals surface area (Å²) in [6, 6.07) is 15.4. The standard InChI is InChI=1S/C24H29N5O/c1-16-9-8-11-20(15-16)23(30)27-24(26-22-12-7-6-10-17(22)2)25-14-13-21-18(3)28-29(5)19(21)4/h6-12,15H,13-14H2,1-5H3,(H2,25,26,27,30). The minimum Gasteiger partial charge on any atom is -0.326 e. The zero-order valence-corrected chi connectivity index (χ0v) is 18.3. The predicted octanol–water partition coefficient (Wildman–Crippen LogP) is 4.09. The molecule has 0 aliphatic rings. The zero-order chi connectivity index (χ0) is 21.7. The van der Waals surface area contributed by atoms with E-state index >= 15 is 0 Å². The molecule has 0 fully saturated rings. The van der Waals surface area contributed by atoms with E-state index in [1.54, 1.807) is 6.07 Å². The van der Waals surface area contributed by atoms with Crippen LogP contribution in [0, 0.1) is 27.7 Å². The molecule has 0 atom stereocenters. The Morgan fingerprint density at radius 2 is 1.83 bits per heavy atom. The van der Waals surface area contributed by atoms with E-state index in [-0.39, 0.29) is 5.91 Å². The Balaban J connectivity index is 1.80. The molecule has 0 saturated carbocycles. The molecule has 0 aliphatic carbocycles. The molecule has 156 valence electrons. The molecule has 0 spiro atoms. The highest BCUT2D eigenvalue weighted by molar-refractivity contribution is 6.10. The minimum atomic E-state index is -0.188. The number of para-hydroxylation sites is 1. The maximum absolute atomic E-state index is 12.8. The number of anilines is 1. The molecule has 30 heavy (non-hydrogen) atoms. The van der Waals surface area contributed by atoms with Gasteiger partial charge in [-0.3, -0.25) is 19.8 Å². The average Bonchev–Trinajstić information content (AvgIpc) is 2.95. The summed E-state index contributed by atoms with van der Waals surface area (Å²) in [6.45, 7) is 8.60. The summed E-state index contributed by atoms with van der Waals surface area (Å²) in [5.74, 6) is 0.252. The van der Waals surface area contributed by atoms with Gasteiger partial charge in [-0.15, -0.1) is 0 Å². The van der Waals surface area contributed by atoms with Crippen molar-refractivity contribution < 1.29 is 4.79 Å². The van der Waals surface area contributed by atoms with Crippen LogP contribution in [0.3, 0.4) is 0 Å².